The minimum absolute atomic E-state index is 0.00898. The monoisotopic (exact) mass is 474 g/mol. The molecule has 0 radical (unpaired) electrons. The topological polar surface area (TPSA) is 59.9 Å². The Kier molecular flexibility index (Phi) is 6.96. The molecule has 32 heavy (non-hydrogen) atoms. The number of hydrogen-bond donors (Lipinski definition) is 1. The van der Waals surface area contributed by atoms with Crippen LogP contribution in [0.5, 0.6) is 11.5 Å². The standard InChI is InChI=1S/C25H28Cl2N2O3/c1-3-31-21-13-17(12-20(27)23(21)32-15-16-7-9-18(26)10-8-16)14-28-29-24(30)22-19-6-4-5-11-25(19,22)2/h7-10,12-14,19,22H,3-6,11,15H2,1-2H3,(H,29,30)/b28-14-/t19-,22+,25-/m1/s1. The third-order valence-corrected chi connectivity index (χ3v) is 7.16. The van der Waals surface area contributed by atoms with Crippen molar-refractivity contribution in [2.45, 2.75) is 46.1 Å². The van der Waals surface area contributed by atoms with Gasteiger partial charge in [-0.15, -0.1) is 0 Å². The Labute approximate surface area is 199 Å². The zero-order chi connectivity index (χ0) is 22.7. The van der Waals surface area contributed by atoms with Crippen LogP contribution in [0.2, 0.25) is 10.0 Å². The molecule has 2 aliphatic carbocycles. The average molecular weight is 475 g/mol. The fourth-order valence-corrected chi connectivity index (χ4v) is 5.29. The van der Waals surface area contributed by atoms with Gasteiger partial charge in [-0.3, -0.25) is 4.79 Å². The van der Waals surface area contributed by atoms with E-state index in [0.29, 0.717) is 40.7 Å². The van der Waals surface area contributed by atoms with Crippen molar-refractivity contribution < 1.29 is 14.3 Å². The van der Waals surface area contributed by atoms with Gasteiger partial charge in [-0.2, -0.15) is 5.10 Å². The van der Waals surface area contributed by atoms with Crippen LogP contribution in [-0.4, -0.2) is 18.7 Å². The van der Waals surface area contributed by atoms with Crippen molar-refractivity contribution in [2.75, 3.05) is 6.61 Å². The van der Waals surface area contributed by atoms with E-state index in [-0.39, 0.29) is 17.2 Å². The molecule has 2 aliphatic rings. The lowest BCUT2D eigenvalue weighted by Gasteiger charge is -2.15. The second kappa shape index (κ2) is 9.72. The summed E-state index contributed by atoms with van der Waals surface area (Å²) in [6.45, 7) is 4.92. The van der Waals surface area contributed by atoms with E-state index in [1.165, 1.54) is 12.8 Å². The third kappa shape index (κ3) is 4.89. The summed E-state index contributed by atoms with van der Waals surface area (Å²) in [5.41, 5.74) is 4.56. The van der Waals surface area contributed by atoms with Gasteiger partial charge in [0.25, 0.3) is 0 Å². The fourth-order valence-electron chi connectivity index (χ4n) is 4.89. The summed E-state index contributed by atoms with van der Waals surface area (Å²) >= 11 is 12.4. The van der Waals surface area contributed by atoms with Crippen LogP contribution in [0.4, 0.5) is 0 Å². The molecule has 0 bridgehead atoms. The van der Waals surface area contributed by atoms with Gasteiger partial charge in [0.1, 0.15) is 6.61 Å². The number of carbonyl (C=O) groups is 1. The molecule has 170 valence electrons. The molecule has 4 rings (SSSR count). The van der Waals surface area contributed by atoms with Crippen LogP contribution < -0.4 is 14.9 Å². The van der Waals surface area contributed by atoms with E-state index in [1.54, 1.807) is 18.3 Å². The first-order chi connectivity index (χ1) is 15.4. The highest BCUT2D eigenvalue weighted by atomic mass is 35.5. The fraction of sp³-hybridized carbons (Fsp3) is 0.440. The predicted molar refractivity (Wildman–Crippen MR) is 128 cm³/mol. The van der Waals surface area contributed by atoms with Crippen LogP contribution in [0.3, 0.4) is 0 Å². The minimum atomic E-state index is 0.00898. The van der Waals surface area contributed by atoms with Gasteiger partial charge >= 0.3 is 0 Å². The summed E-state index contributed by atoms with van der Waals surface area (Å²) in [5, 5.41) is 5.26. The molecule has 1 N–H and O–H groups in total. The van der Waals surface area contributed by atoms with Gasteiger partial charge in [0.15, 0.2) is 11.5 Å². The van der Waals surface area contributed by atoms with Crippen LogP contribution in [0, 0.1) is 17.3 Å². The number of nitrogens with zero attached hydrogens (tertiary/aromatic N) is 1. The number of amides is 1. The Morgan fingerprint density at radius 1 is 1.22 bits per heavy atom. The molecule has 7 heteroatoms. The number of hydrazone groups is 1. The molecule has 2 fully saturated rings. The van der Waals surface area contributed by atoms with E-state index in [9.17, 15) is 4.79 Å². The maximum Gasteiger partial charge on any atom is 0.244 e. The summed E-state index contributed by atoms with van der Waals surface area (Å²) in [7, 11) is 0. The predicted octanol–water partition coefficient (Wildman–Crippen LogP) is 6.25. The molecule has 0 saturated heterocycles. The van der Waals surface area contributed by atoms with Crippen LogP contribution in [0.15, 0.2) is 41.5 Å². The molecule has 0 aromatic heterocycles. The first kappa shape index (κ1) is 22.9. The zero-order valence-electron chi connectivity index (χ0n) is 18.4. The molecule has 3 atom stereocenters. The number of hydrogen-bond acceptors (Lipinski definition) is 4. The number of carbonyl (C=O) groups excluding carboxylic acids is 1. The van der Waals surface area contributed by atoms with Crippen molar-refractivity contribution in [1.82, 2.24) is 5.43 Å². The highest BCUT2D eigenvalue weighted by Crippen LogP contribution is 2.66. The number of fused-ring (bicyclic) bond motifs is 1. The van der Waals surface area contributed by atoms with Crippen molar-refractivity contribution in [3.8, 4) is 11.5 Å². The summed E-state index contributed by atoms with van der Waals surface area (Å²) in [6.07, 6.45) is 6.29. The van der Waals surface area contributed by atoms with E-state index in [4.69, 9.17) is 32.7 Å². The summed E-state index contributed by atoms with van der Waals surface area (Å²) in [5.74, 6) is 1.59. The molecule has 0 aliphatic heterocycles. The number of ether oxygens (including phenoxy) is 2. The molecule has 5 nitrogen and oxygen atoms in total. The van der Waals surface area contributed by atoms with Gasteiger partial charge in [-0.1, -0.05) is 55.1 Å². The highest BCUT2D eigenvalue weighted by Gasteiger charge is 2.64. The number of nitrogens with one attached hydrogen (secondary N) is 1. The zero-order valence-corrected chi connectivity index (χ0v) is 19.9. The molecule has 0 unspecified atom stereocenters. The number of rotatable bonds is 8. The SMILES string of the molecule is CCOc1cc(/C=N\NC(=O)[C@@H]2[C@H]3CCCC[C@]32C)cc(Cl)c1OCc1ccc(Cl)cc1. The van der Waals surface area contributed by atoms with Crippen molar-refractivity contribution >= 4 is 35.3 Å². The van der Waals surface area contributed by atoms with Gasteiger partial charge in [-0.25, -0.2) is 5.43 Å². The minimum Gasteiger partial charge on any atom is -0.490 e. The van der Waals surface area contributed by atoms with E-state index < -0.39 is 0 Å². The lowest BCUT2D eigenvalue weighted by molar-refractivity contribution is -0.123. The van der Waals surface area contributed by atoms with E-state index in [2.05, 4.69) is 17.5 Å². The van der Waals surface area contributed by atoms with Crippen LogP contribution in [0.1, 0.15) is 50.7 Å². The summed E-state index contributed by atoms with van der Waals surface area (Å²) in [6, 6.07) is 11.0. The van der Waals surface area contributed by atoms with Crippen molar-refractivity contribution in [2.24, 2.45) is 22.4 Å². The Hall–Kier alpha value is -2.24. The van der Waals surface area contributed by atoms with Gasteiger partial charge in [0.2, 0.25) is 5.91 Å². The van der Waals surface area contributed by atoms with E-state index >= 15 is 0 Å². The van der Waals surface area contributed by atoms with Crippen LogP contribution >= 0.6 is 23.2 Å². The molecule has 1 amide bonds. The molecule has 2 aromatic rings. The number of benzene rings is 2. The van der Waals surface area contributed by atoms with Gasteiger partial charge in [-0.05, 0) is 66.5 Å². The Balaban J connectivity index is 1.41. The molecular formula is C25H28Cl2N2O3. The van der Waals surface area contributed by atoms with Crippen molar-refractivity contribution in [3.63, 3.8) is 0 Å². The molecule has 0 spiro atoms. The summed E-state index contributed by atoms with van der Waals surface area (Å²) < 4.78 is 11.7. The lowest BCUT2D eigenvalue weighted by atomic mass is 9.90. The normalized spacial score (nSPS) is 24.1. The first-order valence-electron chi connectivity index (χ1n) is 11.1. The maximum atomic E-state index is 12.6. The molecule has 0 heterocycles. The van der Waals surface area contributed by atoms with Gasteiger partial charge in [0, 0.05) is 10.9 Å². The summed E-state index contributed by atoms with van der Waals surface area (Å²) in [4.78, 5) is 12.6. The number of halogens is 2. The quantitative estimate of drug-likeness (QED) is 0.363. The molecule has 2 saturated carbocycles. The largest absolute Gasteiger partial charge is 0.490 e. The van der Waals surface area contributed by atoms with Gasteiger partial charge in [0.05, 0.1) is 17.8 Å². The van der Waals surface area contributed by atoms with Crippen LogP contribution in [0.25, 0.3) is 0 Å². The van der Waals surface area contributed by atoms with Gasteiger partial charge < -0.3 is 9.47 Å². The second-order valence-electron chi connectivity index (χ2n) is 8.75. The first-order valence-corrected chi connectivity index (χ1v) is 11.8. The van der Waals surface area contributed by atoms with Crippen LogP contribution in [-0.2, 0) is 11.4 Å². The maximum absolute atomic E-state index is 12.6. The smallest absolute Gasteiger partial charge is 0.244 e. The Morgan fingerprint density at radius 3 is 2.69 bits per heavy atom. The van der Waals surface area contributed by atoms with E-state index in [0.717, 1.165) is 24.0 Å². The molecule has 2 aromatic carbocycles. The second-order valence-corrected chi connectivity index (χ2v) is 9.59. The van der Waals surface area contributed by atoms with Crippen molar-refractivity contribution in [1.29, 1.82) is 0 Å². The molecular weight excluding hydrogens is 447 g/mol. The Morgan fingerprint density at radius 2 is 2.00 bits per heavy atom. The highest BCUT2D eigenvalue weighted by molar-refractivity contribution is 6.32. The Bertz CT molecular complexity index is 1010. The van der Waals surface area contributed by atoms with Crippen molar-refractivity contribution in [3.05, 3.63) is 57.6 Å². The average Bonchev–Trinajstić information content (AvgIpc) is 3.40. The lowest BCUT2D eigenvalue weighted by Crippen LogP contribution is -2.22. The third-order valence-electron chi connectivity index (χ3n) is 6.63. The van der Waals surface area contributed by atoms with E-state index in [1.807, 2.05) is 31.2 Å².